The Hall–Kier alpha value is -1.11. The average molecular weight is 444 g/mol. The molecule has 0 saturated carbocycles. The summed E-state index contributed by atoms with van der Waals surface area (Å²) in [6.45, 7) is 3.20. The number of carbonyl (C=O) groups is 1. The zero-order valence-corrected chi connectivity index (χ0v) is 15.8. The Balaban J connectivity index is 1.71. The van der Waals surface area contributed by atoms with E-state index >= 15 is 0 Å². The predicted molar refractivity (Wildman–Crippen MR) is 102 cm³/mol. The Morgan fingerprint density at radius 3 is 2.74 bits per heavy atom. The molecule has 1 N–H and O–H groups in total. The Kier molecular flexibility index (Phi) is 7.33. The molecule has 23 heavy (non-hydrogen) atoms. The number of halogens is 2. The SMILES string of the molecule is CC(OCCCNC(=O)c1cc(Cl)ccc1I)c1ccccc1. The number of benzene rings is 2. The van der Waals surface area contributed by atoms with Crippen LogP contribution in [0.4, 0.5) is 0 Å². The van der Waals surface area contributed by atoms with Crippen molar-refractivity contribution in [3.05, 3.63) is 68.3 Å². The molecule has 2 aromatic carbocycles. The quantitative estimate of drug-likeness (QED) is 0.491. The fourth-order valence-corrected chi connectivity index (χ4v) is 2.87. The van der Waals surface area contributed by atoms with Crippen molar-refractivity contribution in [1.29, 1.82) is 0 Å². The molecule has 1 amide bonds. The summed E-state index contributed by atoms with van der Waals surface area (Å²) in [5.74, 6) is -0.104. The average Bonchev–Trinajstić information content (AvgIpc) is 2.57. The van der Waals surface area contributed by atoms with Crippen LogP contribution < -0.4 is 5.32 Å². The lowest BCUT2D eigenvalue weighted by atomic mass is 10.1. The third-order valence-electron chi connectivity index (χ3n) is 3.42. The second kappa shape index (κ2) is 9.25. The molecule has 0 spiro atoms. The highest BCUT2D eigenvalue weighted by atomic mass is 127. The number of hydrogen-bond donors (Lipinski definition) is 1. The lowest BCUT2D eigenvalue weighted by Gasteiger charge is -2.13. The van der Waals surface area contributed by atoms with Gasteiger partial charge in [0.05, 0.1) is 11.7 Å². The molecule has 1 unspecified atom stereocenters. The van der Waals surface area contributed by atoms with E-state index in [1.54, 1.807) is 12.1 Å². The van der Waals surface area contributed by atoms with E-state index < -0.39 is 0 Å². The summed E-state index contributed by atoms with van der Waals surface area (Å²) >= 11 is 8.07. The fourth-order valence-electron chi connectivity index (χ4n) is 2.12. The first-order valence-corrected chi connectivity index (χ1v) is 8.93. The number of ether oxygens (including phenoxy) is 1. The van der Waals surface area contributed by atoms with Crippen molar-refractivity contribution in [2.45, 2.75) is 19.4 Å². The molecule has 1 atom stereocenters. The molecule has 0 bridgehead atoms. The summed E-state index contributed by atoms with van der Waals surface area (Å²) in [6.07, 6.45) is 0.820. The van der Waals surface area contributed by atoms with Crippen LogP contribution in [0.25, 0.3) is 0 Å². The maximum Gasteiger partial charge on any atom is 0.252 e. The number of amides is 1. The van der Waals surface area contributed by atoms with Gasteiger partial charge in [-0.15, -0.1) is 0 Å². The van der Waals surface area contributed by atoms with E-state index in [-0.39, 0.29) is 12.0 Å². The Bertz CT molecular complexity index is 649. The van der Waals surface area contributed by atoms with Crippen LogP contribution in [-0.4, -0.2) is 19.1 Å². The standard InChI is InChI=1S/C18H19ClINO2/c1-13(14-6-3-2-4-7-14)23-11-5-10-21-18(22)16-12-15(19)8-9-17(16)20/h2-4,6-9,12-13H,5,10-11H2,1H3,(H,21,22). The van der Waals surface area contributed by atoms with Gasteiger partial charge in [-0.25, -0.2) is 0 Å². The molecule has 0 fully saturated rings. The van der Waals surface area contributed by atoms with Crippen molar-refractivity contribution in [1.82, 2.24) is 5.32 Å². The second-order valence-electron chi connectivity index (χ2n) is 5.16. The molecule has 2 aromatic rings. The number of nitrogens with one attached hydrogen (secondary N) is 1. The van der Waals surface area contributed by atoms with Gasteiger partial charge in [0.25, 0.3) is 5.91 Å². The molecular formula is C18H19ClINO2. The number of hydrogen-bond acceptors (Lipinski definition) is 2. The van der Waals surface area contributed by atoms with Gasteiger partial charge >= 0.3 is 0 Å². The molecule has 0 aromatic heterocycles. The van der Waals surface area contributed by atoms with Gasteiger partial charge in [0.15, 0.2) is 0 Å². The normalized spacial score (nSPS) is 12.0. The zero-order chi connectivity index (χ0) is 16.7. The summed E-state index contributed by atoms with van der Waals surface area (Å²) in [5.41, 5.74) is 1.77. The van der Waals surface area contributed by atoms with Crippen molar-refractivity contribution in [3.8, 4) is 0 Å². The van der Waals surface area contributed by atoms with Crippen LogP contribution in [0.1, 0.15) is 35.4 Å². The van der Waals surface area contributed by atoms with Crippen molar-refractivity contribution in [2.24, 2.45) is 0 Å². The van der Waals surface area contributed by atoms with Crippen LogP contribution >= 0.6 is 34.2 Å². The predicted octanol–water partition coefficient (Wildman–Crippen LogP) is 4.84. The second-order valence-corrected chi connectivity index (χ2v) is 6.76. The Morgan fingerprint density at radius 2 is 2.00 bits per heavy atom. The van der Waals surface area contributed by atoms with Crippen molar-refractivity contribution in [2.75, 3.05) is 13.2 Å². The molecule has 0 saturated heterocycles. The summed E-state index contributed by atoms with van der Waals surface area (Å²) in [4.78, 5) is 12.1. The lowest BCUT2D eigenvalue weighted by molar-refractivity contribution is 0.0635. The van der Waals surface area contributed by atoms with Crippen molar-refractivity contribution < 1.29 is 9.53 Å². The third kappa shape index (κ3) is 5.79. The van der Waals surface area contributed by atoms with Gasteiger partial charge in [-0.2, -0.15) is 0 Å². The summed E-state index contributed by atoms with van der Waals surface area (Å²) < 4.78 is 6.67. The van der Waals surface area contributed by atoms with E-state index in [4.69, 9.17) is 16.3 Å². The monoisotopic (exact) mass is 443 g/mol. The van der Waals surface area contributed by atoms with Crippen molar-refractivity contribution in [3.63, 3.8) is 0 Å². The molecule has 122 valence electrons. The fraction of sp³-hybridized carbons (Fsp3) is 0.278. The van der Waals surface area contributed by atoms with Crippen LogP contribution in [0.5, 0.6) is 0 Å². The van der Waals surface area contributed by atoms with E-state index in [9.17, 15) is 4.79 Å². The number of rotatable bonds is 7. The first-order valence-electron chi connectivity index (χ1n) is 7.47. The summed E-state index contributed by atoms with van der Waals surface area (Å²) in [5, 5.41) is 3.46. The summed E-state index contributed by atoms with van der Waals surface area (Å²) in [6, 6.07) is 15.4. The molecule has 0 radical (unpaired) electrons. The molecule has 2 rings (SSSR count). The molecule has 3 nitrogen and oxygen atoms in total. The maximum atomic E-state index is 12.1. The highest BCUT2D eigenvalue weighted by Gasteiger charge is 2.10. The minimum atomic E-state index is -0.104. The Labute approximate surface area is 155 Å². The lowest BCUT2D eigenvalue weighted by Crippen LogP contribution is -2.26. The molecule has 0 aliphatic rings. The van der Waals surface area contributed by atoms with Crippen LogP contribution in [0.15, 0.2) is 48.5 Å². The van der Waals surface area contributed by atoms with Crippen LogP contribution in [0.2, 0.25) is 5.02 Å². The number of carbonyl (C=O) groups excluding carboxylic acids is 1. The minimum Gasteiger partial charge on any atom is -0.374 e. The molecule has 0 aliphatic heterocycles. The minimum absolute atomic E-state index is 0.0563. The smallest absolute Gasteiger partial charge is 0.252 e. The highest BCUT2D eigenvalue weighted by Crippen LogP contribution is 2.18. The van der Waals surface area contributed by atoms with E-state index in [1.807, 2.05) is 43.3 Å². The van der Waals surface area contributed by atoms with Crippen LogP contribution in [0, 0.1) is 3.57 Å². The van der Waals surface area contributed by atoms with Gasteiger partial charge in [-0.1, -0.05) is 41.9 Å². The molecular weight excluding hydrogens is 425 g/mol. The van der Waals surface area contributed by atoms with E-state index in [0.29, 0.717) is 23.7 Å². The highest BCUT2D eigenvalue weighted by molar-refractivity contribution is 14.1. The van der Waals surface area contributed by atoms with Gasteiger partial charge in [0.2, 0.25) is 0 Å². The van der Waals surface area contributed by atoms with Gasteiger partial charge in [0.1, 0.15) is 0 Å². The zero-order valence-electron chi connectivity index (χ0n) is 12.9. The Morgan fingerprint density at radius 1 is 1.26 bits per heavy atom. The molecule has 0 aliphatic carbocycles. The van der Waals surface area contributed by atoms with Crippen LogP contribution in [-0.2, 0) is 4.74 Å². The van der Waals surface area contributed by atoms with Gasteiger partial charge in [-0.05, 0) is 59.7 Å². The first kappa shape index (κ1) is 18.2. The van der Waals surface area contributed by atoms with Crippen molar-refractivity contribution >= 4 is 40.1 Å². The van der Waals surface area contributed by atoms with E-state index in [2.05, 4.69) is 27.9 Å². The van der Waals surface area contributed by atoms with Crippen LogP contribution in [0.3, 0.4) is 0 Å². The maximum absolute atomic E-state index is 12.1. The largest absolute Gasteiger partial charge is 0.374 e. The van der Waals surface area contributed by atoms with E-state index in [0.717, 1.165) is 15.6 Å². The van der Waals surface area contributed by atoms with Gasteiger partial charge in [-0.3, -0.25) is 4.79 Å². The van der Waals surface area contributed by atoms with E-state index in [1.165, 1.54) is 0 Å². The molecule has 0 heterocycles. The third-order valence-corrected chi connectivity index (χ3v) is 4.59. The topological polar surface area (TPSA) is 38.3 Å². The first-order chi connectivity index (χ1) is 11.1. The van der Waals surface area contributed by atoms with Gasteiger partial charge < -0.3 is 10.1 Å². The summed E-state index contributed by atoms with van der Waals surface area (Å²) in [7, 11) is 0. The van der Waals surface area contributed by atoms with Gasteiger partial charge in [0, 0.05) is 21.7 Å². The molecule has 5 heteroatoms.